The summed E-state index contributed by atoms with van der Waals surface area (Å²) in [6.07, 6.45) is 3.06. The first-order valence-corrected chi connectivity index (χ1v) is 6.05. The molecule has 90 valence electrons. The van der Waals surface area contributed by atoms with Crippen molar-refractivity contribution in [1.29, 1.82) is 0 Å². The highest BCUT2D eigenvalue weighted by molar-refractivity contribution is 5.22. The highest BCUT2D eigenvalue weighted by atomic mass is 15.3. The molecule has 3 heteroatoms. The summed E-state index contributed by atoms with van der Waals surface area (Å²) in [5.41, 5.74) is 3.79. The molecule has 0 aliphatic heterocycles. The molecule has 0 radical (unpaired) electrons. The third-order valence-corrected chi connectivity index (χ3v) is 2.84. The Labute approximate surface area is 102 Å². The van der Waals surface area contributed by atoms with Gasteiger partial charge in [-0.2, -0.15) is 5.10 Å². The molecule has 0 unspecified atom stereocenters. The van der Waals surface area contributed by atoms with Gasteiger partial charge in [0.1, 0.15) is 0 Å². The second kappa shape index (κ2) is 5.64. The average Bonchev–Trinajstić information content (AvgIpc) is 2.76. The number of hydrogen-bond donors (Lipinski definition) is 1. The summed E-state index contributed by atoms with van der Waals surface area (Å²) in [6.45, 7) is 3.88. The van der Waals surface area contributed by atoms with Crippen LogP contribution in [0, 0.1) is 0 Å². The van der Waals surface area contributed by atoms with Crippen LogP contribution < -0.4 is 5.32 Å². The predicted octanol–water partition coefficient (Wildman–Crippen LogP) is 2.27. The molecule has 0 aliphatic carbocycles. The van der Waals surface area contributed by atoms with Crippen LogP contribution in [0.15, 0.2) is 36.5 Å². The lowest BCUT2D eigenvalue weighted by Gasteiger charge is -2.04. The number of nitrogens with one attached hydrogen (secondary N) is 1. The van der Waals surface area contributed by atoms with Gasteiger partial charge >= 0.3 is 0 Å². The highest BCUT2D eigenvalue weighted by Gasteiger charge is 1.97. The zero-order valence-corrected chi connectivity index (χ0v) is 10.5. The van der Waals surface area contributed by atoms with Gasteiger partial charge < -0.3 is 5.32 Å². The Balaban J connectivity index is 1.81. The smallest absolute Gasteiger partial charge is 0.0762 e. The summed E-state index contributed by atoms with van der Waals surface area (Å²) in [5.74, 6) is 0. The number of rotatable bonds is 5. The molecule has 3 nitrogen and oxygen atoms in total. The largest absolute Gasteiger partial charge is 0.307 e. The number of benzene rings is 1. The summed E-state index contributed by atoms with van der Waals surface area (Å²) in [7, 11) is 1.94. The molecule has 17 heavy (non-hydrogen) atoms. The van der Waals surface area contributed by atoms with Crippen molar-refractivity contribution in [3.05, 3.63) is 53.3 Å². The molecule has 0 amide bonds. The molecule has 0 spiro atoms. The molecule has 2 rings (SSSR count). The van der Waals surface area contributed by atoms with Crippen LogP contribution in [0.5, 0.6) is 0 Å². The molecular weight excluding hydrogens is 210 g/mol. The summed E-state index contributed by atoms with van der Waals surface area (Å²) < 4.78 is 1.83. The van der Waals surface area contributed by atoms with Gasteiger partial charge in [-0.25, -0.2) is 0 Å². The van der Waals surface area contributed by atoms with Gasteiger partial charge in [-0.15, -0.1) is 0 Å². The summed E-state index contributed by atoms with van der Waals surface area (Å²) in [5, 5.41) is 7.72. The monoisotopic (exact) mass is 229 g/mol. The molecule has 0 bridgehead atoms. The fourth-order valence-electron chi connectivity index (χ4n) is 1.79. The first kappa shape index (κ1) is 11.9. The second-order valence-corrected chi connectivity index (χ2v) is 4.25. The molecule has 1 aromatic carbocycles. The maximum Gasteiger partial charge on any atom is 0.0762 e. The molecule has 0 saturated carbocycles. The van der Waals surface area contributed by atoms with Crippen molar-refractivity contribution in [2.45, 2.75) is 26.4 Å². The van der Waals surface area contributed by atoms with Crippen molar-refractivity contribution in [2.24, 2.45) is 7.05 Å². The van der Waals surface area contributed by atoms with Crippen LogP contribution in [0.25, 0.3) is 0 Å². The molecule has 2 aromatic rings. The van der Waals surface area contributed by atoms with E-state index in [-0.39, 0.29) is 0 Å². The van der Waals surface area contributed by atoms with Crippen molar-refractivity contribution in [3.8, 4) is 0 Å². The van der Waals surface area contributed by atoms with E-state index in [9.17, 15) is 0 Å². The summed E-state index contributed by atoms with van der Waals surface area (Å²) in [4.78, 5) is 0. The Morgan fingerprint density at radius 1 is 1.06 bits per heavy atom. The van der Waals surface area contributed by atoms with Crippen LogP contribution in [0.1, 0.15) is 23.7 Å². The highest BCUT2D eigenvalue weighted by Crippen LogP contribution is 2.05. The lowest BCUT2D eigenvalue weighted by atomic mass is 10.1. The van der Waals surface area contributed by atoms with Crippen LogP contribution in [0.2, 0.25) is 0 Å². The Kier molecular flexibility index (Phi) is 3.94. The molecule has 1 heterocycles. The van der Waals surface area contributed by atoms with E-state index in [1.807, 2.05) is 24.0 Å². The van der Waals surface area contributed by atoms with Crippen LogP contribution in [-0.2, 0) is 26.6 Å². The maximum atomic E-state index is 4.32. The summed E-state index contributed by atoms with van der Waals surface area (Å²) >= 11 is 0. The Bertz CT molecular complexity index is 457. The zero-order chi connectivity index (χ0) is 12.1. The number of nitrogens with zero attached hydrogens (tertiary/aromatic N) is 2. The van der Waals surface area contributed by atoms with E-state index in [1.165, 1.54) is 11.1 Å². The van der Waals surface area contributed by atoms with Crippen molar-refractivity contribution >= 4 is 0 Å². The standard InChI is InChI=1S/C14H19N3/c1-3-12-4-6-13(7-5-12)10-15-11-14-8-9-17(2)16-14/h4-9,15H,3,10-11H2,1-2H3. The van der Waals surface area contributed by atoms with E-state index < -0.39 is 0 Å². The SMILES string of the molecule is CCc1ccc(CNCc2ccn(C)n2)cc1. The Morgan fingerprint density at radius 2 is 1.76 bits per heavy atom. The molecule has 0 aliphatic rings. The van der Waals surface area contributed by atoms with E-state index >= 15 is 0 Å². The fraction of sp³-hybridized carbons (Fsp3) is 0.357. The van der Waals surface area contributed by atoms with Gasteiger partial charge in [0, 0.05) is 26.3 Å². The third kappa shape index (κ3) is 3.43. The minimum absolute atomic E-state index is 0.816. The lowest BCUT2D eigenvalue weighted by Crippen LogP contribution is -2.13. The normalized spacial score (nSPS) is 10.7. The number of hydrogen-bond acceptors (Lipinski definition) is 2. The van der Waals surface area contributed by atoms with Gasteiger partial charge in [0.05, 0.1) is 5.69 Å². The second-order valence-electron chi connectivity index (χ2n) is 4.25. The number of aromatic nitrogens is 2. The molecule has 1 N–H and O–H groups in total. The molecule has 0 atom stereocenters. The van der Waals surface area contributed by atoms with Gasteiger partial charge in [0.25, 0.3) is 0 Å². The number of aryl methyl sites for hydroxylation is 2. The minimum Gasteiger partial charge on any atom is -0.307 e. The summed E-state index contributed by atoms with van der Waals surface area (Å²) in [6, 6.07) is 10.8. The quantitative estimate of drug-likeness (QED) is 0.852. The van der Waals surface area contributed by atoms with Crippen LogP contribution in [0.4, 0.5) is 0 Å². The Hall–Kier alpha value is -1.61. The fourth-order valence-corrected chi connectivity index (χ4v) is 1.79. The van der Waals surface area contributed by atoms with Gasteiger partial charge in [0.15, 0.2) is 0 Å². The molecular formula is C14H19N3. The van der Waals surface area contributed by atoms with E-state index in [2.05, 4.69) is 41.6 Å². The van der Waals surface area contributed by atoms with E-state index in [0.717, 1.165) is 25.2 Å². The average molecular weight is 229 g/mol. The van der Waals surface area contributed by atoms with Crippen molar-refractivity contribution in [1.82, 2.24) is 15.1 Å². The van der Waals surface area contributed by atoms with Crippen molar-refractivity contribution in [3.63, 3.8) is 0 Å². The topological polar surface area (TPSA) is 29.9 Å². The van der Waals surface area contributed by atoms with Gasteiger partial charge in [0.2, 0.25) is 0 Å². The first-order chi connectivity index (χ1) is 8.28. The van der Waals surface area contributed by atoms with E-state index in [4.69, 9.17) is 0 Å². The lowest BCUT2D eigenvalue weighted by molar-refractivity contribution is 0.656. The molecule has 0 fully saturated rings. The van der Waals surface area contributed by atoms with E-state index in [1.54, 1.807) is 0 Å². The molecule has 1 aromatic heterocycles. The molecule has 0 saturated heterocycles. The zero-order valence-electron chi connectivity index (χ0n) is 10.5. The van der Waals surface area contributed by atoms with Gasteiger partial charge in [-0.3, -0.25) is 4.68 Å². The first-order valence-electron chi connectivity index (χ1n) is 6.05. The minimum atomic E-state index is 0.816. The van der Waals surface area contributed by atoms with Crippen LogP contribution >= 0.6 is 0 Å². The van der Waals surface area contributed by atoms with Crippen molar-refractivity contribution < 1.29 is 0 Å². The van der Waals surface area contributed by atoms with Crippen LogP contribution in [-0.4, -0.2) is 9.78 Å². The Morgan fingerprint density at radius 3 is 2.35 bits per heavy atom. The van der Waals surface area contributed by atoms with Crippen LogP contribution in [0.3, 0.4) is 0 Å². The van der Waals surface area contributed by atoms with Crippen molar-refractivity contribution in [2.75, 3.05) is 0 Å². The van der Waals surface area contributed by atoms with Gasteiger partial charge in [-0.1, -0.05) is 31.2 Å². The predicted molar refractivity (Wildman–Crippen MR) is 69.6 cm³/mol. The van der Waals surface area contributed by atoms with E-state index in [0.29, 0.717) is 0 Å². The van der Waals surface area contributed by atoms with Gasteiger partial charge in [-0.05, 0) is 23.6 Å². The maximum absolute atomic E-state index is 4.32. The third-order valence-electron chi connectivity index (χ3n) is 2.84.